The molecule has 160 valence electrons. The number of piperidine rings is 1. The predicted octanol–water partition coefficient (Wildman–Crippen LogP) is 2.88. The molecular formula is C23H28N2O5. The number of aryl methyl sites for hydroxylation is 2. The van der Waals surface area contributed by atoms with E-state index in [4.69, 9.17) is 14.2 Å². The van der Waals surface area contributed by atoms with Gasteiger partial charge in [-0.25, -0.2) is 0 Å². The average Bonchev–Trinajstić information content (AvgIpc) is 3.19. The minimum absolute atomic E-state index is 0.0920. The van der Waals surface area contributed by atoms with E-state index >= 15 is 0 Å². The van der Waals surface area contributed by atoms with Crippen LogP contribution < -0.4 is 19.5 Å². The number of hydrogen-bond acceptors (Lipinski definition) is 6. The molecular weight excluding hydrogens is 384 g/mol. The molecule has 2 aromatic rings. The van der Waals surface area contributed by atoms with Crippen molar-refractivity contribution >= 4 is 11.6 Å². The number of nitrogens with zero attached hydrogens (tertiary/aromatic N) is 1. The molecule has 30 heavy (non-hydrogen) atoms. The van der Waals surface area contributed by atoms with Crippen LogP contribution in [0.15, 0.2) is 36.4 Å². The van der Waals surface area contributed by atoms with Crippen LogP contribution in [0.3, 0.4) is 0 Å². The van der Waals surface area contributed by atoms with Crippen molar-refractivity contribution in [3.63, 3.8) is 0 Å². The van der Waals surface area contributed by atoms with E-state index in [1.165, 1.54) is 11.1 Å². The predicted molar refractivity (Wildman–Crippen MR) is 113 cm³/mol. The van der Waals surface area contributed by atoms with Gasteiger partial charge in [-0.2, -0.15) is 0 Å². The van der Waals surface area contributed by atoms with Crippen molar-refractivity contribution < 1.29 is 24.1 Å². The first kappa shape index (κ1) is 20.5. The number of fused-ring (bicyclic) bond motifs is 1. The van der Waals surface area contributed by atoms with Crippen LogP contribution in [-0.2, 0) is 4.79 Å². The summed E-state index contributed by atoms with van der Waals surface area (Å²) >= 11 is 0. The molecule has 2 aromatic carbocycles. The Morgan fingerprint density at radius 2 is 1.87 bits per heavy atom. The fourth-order valence-electron chi connectivity index (χ4n) is 3.67. The Labute approximate surface area is 176 Å². The summed E-state index contributed by atoms with van der Waals surface area (Å²) in [5.41, 5.74) is 2.19. The Kier molecular flexibility index (Phi) is 5.83. The molecule has 0 spiro atoms. The monoisotopic (exact) mass is 412 g/mol. The van der Waals surface area contributed by atoms with Gasteiger partial charge in [-0.3, -0.25) is 9.69 Å². The smallest absolute Gasteiger partial charge is 0.238 e. The number of aliphatic hydroxyl groups is 1. The first-order chi connectivity index (χ1) is 14.4. The zero-order valence-corrected chi connectivity index (χ0v) is 17.4. The van der Waals surface area contributed by atoms with Crippen molar-refractivity contribution in [2.45, 2.75) is 32.3 Å². The van der Waals surface area contributed by atoms with Gasteiger partial charge in [0.15, 0.2) is 11.5 Å². The number of benzene rings is 2. The highest BCUT2D eigenvalue weighted by Crippen LogP contribution is 2.34. The molecule has 2 heterocycles. The summed E-state index contributed by atoms with van der Waals surface area (Å²) in [6, 6.07) is 11.3. The largest absolute Gasteiger partial charge is 0.491 e. The van der Waals surface area contributed by atoms with Gasteiger partial charge in [0.1, 0.15) is 18.0 Å². The number of carbonyl (C=O) groups excluding carboxylic acids is 1. The number of rotatable bonds is 6. The summed E-state index contributed by atoms with van der Waals surface area (Å²) < 4.78 is 16.5. The molecule has 0 atom stereocenters. The van der Waals surface area contributed by atoms with E-state index in [2.05, 4.69) is 12.2 Å². The number of carbonyl (C=O) groups is 1. The molecule has 0 aromatic heterocycles. The van der Waals surface area contributed by atoms with Crippen LogP contribution in [0.5, 0.6) is 17.2 Å². The standard InChI is InChI=1S/C23H28N2O5/c1-16-3-5-19(11-17(16)2)28-14-23(27)7-9-25(10-8-23)13-22(26)24-18-4-6-20-21(12-18)30-15-29-20/h3-6,11-12,27H,7-10,13-15H2,1-2H3,(H,24,26). The molecule has 0 radical (unpaired) electrons. The number of hydrogen-bond donors (Lipinski definition) is 2. The molecule has 2 N–H and O–H groups in total. The maximum atomic E-state index is 12.4. The van der Waals surface area contributed by atoms with Gasteiger partial charge in [0, 0.05) is 24.8 Å². The lowest BCUT2D eigenvalue weighted by Crippen LogP contribution is -2.49. The third kappa shape index (κ3) is 4.86. The van der Waals surface area contributed by atoms with E-state index in [0.717, 1.165) is 5.75 Å². The molecule has 7 nitrogen and oxygen atoms in total. The topological polar surface area (TPSA) is 80.3 Å². The van der Waals surface area contributed by atoms with Gasteiger partial charge in [-0.15, -0.1) is 0 Å². The Hall–Kier alpha value is -2.77. The van der Waals surface area contributed by atoms with E-state index in [-0.39, 0.29) is 25.9 Å². The summed E-state index contributed by atoms with van der Waals surface area (Å²) in [5.74, 6) is 2.01. The second-order valence-electron chi connectivity index (χ2n) is 8.15. The lowest BCUT2D eigenvalue weighted by atomic mass is 9.92. The fraction of sp³-hybridized carbons (Fsp3) is 0.435. The van der Waals surface area contributed by atoms with Crippen molar-refractivity contribution in [3.8, 4) is 17.2 Å². The molecule has 7 heteroatoms. The van der Waals surface area contributed by atoms with Crippen LogP contribution in [0.25, 0.3) is 0 Å². The summed E-state index contributed by atoms with van der Waals surface area (Å²) in [4.78, 5) is 14.4. The third-order valence-corrected chi connectivity index (χ3v) is 5.80. The maximum absolute atomic E-state index is 12.4. The van der Waals surface area contributed by atoms with Gasteiger partial charge in [0.05, 0.1) is 6.54 Å². The van der Waals surface area contributed by atoms with Crippen LogP contribution in [0.4, 0.5) is 5.69 Å². The first-order valence-electron chi connectivity index (χ1n) is 10.2. The highest BCUT2D eigenvalue weighted by atomic mass is 16.7. The number of amides is 1. The Morgan fingerprint density at radius 3 is 2.63 bits per heavy atom. The number of likely N-dealkylation sites (tertiary alicyclic amines) is 1. The van der Waals surface area contributed by atoms with E-state index in [1.807, 2.05) is 30.0 Å². The summed E-state index contributed by atoms with van der Waals surface area (Å²) in [6.45, 7) is 6.13. The molecule has 1 saturated heterocycles. The van der Waals surface area contributed by atoms with Crippen LogP contribution in [0, 0.1) is 13.8 Å². The molecule has 1 amide bonds. The second-order valence-corrected chi connectivity index (χ2v) is 8.15. The van der Waals surface area contributed by atoms with Crippen molar-refractivity contribution in [2.24, 2.45) is 0 Å². The van der Waals surface area contributed by atoms with Gasteiger partial charge < -0.3 is 24.6 Å². The quantitative estimate of drug-likeness (QED) is 0.760. The second kappa shape index (κ2) is 8.53. The van der Waals surface area contributed by atoms with E-state index in [9.17, 15) is 9.90 Å². The van der Waals surface area contributed by atoms with Crippen molar-refractivity contribution in [1.29, 1.82) is 0 Å². The van der Waals surface area contributed by atoms with Gasteiger partial charge in [-0.05, 0) is 62.1 Å². The SMILES string of the molecule is Cc1ccc(OCC2(O)CCN(CC(=O)Nc3ccc4c(c3)OCO4)CC2)cc1C. The molecule has 2 aliphatic rings. The lowest BCUT2D eigenvalue weighted by Gasteiger charge is -2.37. The minimum Gasteiger partial charge on any atom is -0.491 e. The maximum Gasteiger partial charge on any atom is 0.238 e. The summed E-state index contributed by atoms with van der Waals surface area (Å²) in [7, 11) is 0. The minimum atomic E-state index is -0.872. The van der Waals surface area contributed by atoms with E-state index < -0.39 is 5.60 Å². The van der Waals surface area contributed by atoms with E-state index in [0.29, 0.717) is 43.1 Å². The van der Waals surface area contributed by atoms with E-state index in [1.54, 1.807) is 18.2 Å². The first-order valence-corrected chi connectivity index (χ1v) is 10.2. The molecule has 0 unspecified atom stereocenters. The van der Waals surface area contributed by atoms with Crippen molar-refractivity contribution in [2.75, 3.05) is 38.4 Å². The van der Waals surface area contributed by atoms with Gasteiger partial charge in [0.25, 0.3) is 0 Å². The summed E-state index contributed by atoms with van der Waals surface area (Å²) in [5, 5.41) is 13.7. The van der Waals surface area contributed by atoms with Gasteiger partial charge >= 0.3 is 0 Å². The third-order valence-electron chi connectivity index (χ3n) is 5.80. The van der Waals surface area contributed by atoms with Gasteiger partial charge in [0.2, 0.25) is 12.7 Å². The van der Waals surface area contributed by atoms with Crippen molar-refractivity contribution in [3.05, 3.63) is 47.5 Å². The molecule has 0 aliphatic carbocycles. The van der Waals surface area contributed by atoms with Crippen LogP contribution >= 0.6 is 0 Å². The zero-order chi connectivity index (χ0) is 21.1. The summed E-state index contributed by atoms with van der Waals surface area (Å²) in [6.07, 6.45) is 1.13. The number of nitrogens with one attached hydrogen (secondary N) is 1. The van der Waals surface area contributed by atoms with Crippen LogP contribution in [0.2, 0.25) is 0 Å². The van der Waals surface area contributed by atoms with Crippen LogP contribution in [-0.4, -0.2) is 54.5 Å². The Morgan fingerprint density at radius 1 is 1.10 bits per heavy atom. The van der Waals surface area contributed by atoms with Crippen LogP contribution in [0.1, 0.15) is 24.0 Å². The number of ether oxygens (including phenoxy) is 3. The lowest BCUT2D eigenvalue weighted by molar-refractivity contribution is -0.119. The number of anilines is 1. The molecule has 0 saturated carbocycles. The van der Waals surface area contributed by atoms with Gasteiger partial charge in [-0.1, -0.05) is 6.07 Å². The Balaban J connectivity index is 1.23. The molecule has 1 fully saturated rings. The van der Waals surface area contributed by atoms with Crippen molar-refractivity contribution in [1.82, 2.24) is 4.90 Å². The highest BCUT2D eigenvalue weighted by Gasteiger charge is 2.33. The zero-order valence-electron chi connectivity index (χ0n) is 17.4. The molecule has 4 rings (SSSR count). The fourth-order valence-corrected chi connectivity index (χ4v) is 3.67. The molecule has 0 bridgehead atoms. The highest BCUT2D eigenvalue weighted by molar-refractivity contribution is 5.92. The average molecular weight is 412 g/mol. The Bertz CT molecular complexity index is 922. The molecule has 2 aliphatic heterocycles. The normalized spacial score (nSPS) is 17.6.